The fourth-order valence-electron chi connectivity index (χ4n) is 2.17. The molecule has 0 radical (unpaired) electrons. The van der Waals surface area contributed by atoms with Gasteiger partial charge in [-0.2, -0.15) is 0 Å². The van der Waals surface area contributed by atoms with Gasteiger partial charge < -0.3 is 9.15 Å². The van der Waals surface area contributed by atoms with Crippen LogP contribution in [0.2, 0.25) is 0 Å². The number of hydrogen-bond acceptors (Lipinski definition) is 5. The minimum Gasteiger partial charge on any atom is -0.462 e. The fourth-order valence-corrected chi connectivity index (χ4v) is 3.09. The van der Waals surface area contributed by atoms with Gasteiger partial charge in [-0.25, -0.2) is 9.59 Å². The largest absolute Gasteiger partial charge is 0.462 e. The van der Waals surface area contributed by atoms with E-state index in [1.165, 1.54) is 6.07 Å². The van der Waals surface area contributed by atoms with Crippen molar-refractivity contribution >= 4 is 38.4 Å². The average Bonchev–Trinajstić information content (AvgIpc) is 2.79. The Morgan fingerprint density at radius 3 is 2.90 bits per heavy atom. The fraction of sp³-hybridized carbons (Fsp3) is 0.200. The van der Waals surface area contributed by atoms with Gasteiger partial charge in [-0.15, -0.1) is 11.3 Å². The van der Waals surface area contributed by atoms with Crippen molar-refractivity contribution in [2.45, 2.75) is 13.8 Å². The van der Waals surface area contributed by atoms with Crippen LogP contribution < -0.4 is 5.63 Å². The molecule has 2 heterocycles. The first-order valence-corrected chi connectivity index (χ1v) is 7.06. The van der Waals surface area contributed by atoms with Crippen LogP contribution in [0.1, 0.15) is 22.2 Å². The maximum absolute atomic E-state index is 11.9. The summed E-state index contributed by atoms with van der Waals surface area (Å²) in [7, 11) is 0. The number of carbonyl (C=O) groups excluding carboxylic acids is 1. The first-order valence-electron chi connectivity index (χ1n) is 6.24. The minimum absolute atomic E-state index is 0.0642. The third kappa shape index (κ3) is 2.00. The number of hydrogen-bond donors (Lipinski definition) is 0. The molecule has 0 unspecified atom stereocenters. The van der Waals surface area contributed by atoms with Crippen LogP contribution in [0, 0.1) is 6.92 Å². The first kappa shape index (κ1) is 12.9. The lowest BCUT2D eigenvalue weighted by molar-refractivity contribution is 0.0522. The van der Waals surface area contributed by atoms with Crippen molar-refractivity contribution in [2.24, 2.45) is 0 Å². The maximum Gasteiger partial charge on any atom is 0.351 e. The first-order chi connectivity index (χ1) is 9.60. The number of fused-ring (bicyclic) bond motifs is 3. The summed E-state index contributed by atoms with van der Waals surface area (Å²) < 4.78 is 11.2. The van der Waals surface area contributed by atoms with Gasteiger partial charge in [-0.1, -0.05) is 0 Å². The van der Waals surface area contributed by atoms with Gasteiger partial charge in [0, 0.05) is 20.3 Å². The Morgan fingerprint density at radius 2 is 2.15 bits per heavy atom. The molecule has 0 N–H and O–H groups in total. The second-order valence-corrected chi connectivity index (χ2v) is 5.71. The van der Waals surface area contributed by atoms with Crippen molar-refractivity contribution in [2.75, 3.05) is 6.61 Å². The van der Waals surface area contributed by atoms with Crippen LogP contribution in [0.25, 0.3) is 21.1 Å². The Balaban J connectivity index is 2.29. The summed E-state index contributed by atoms with van der Waals surface area (Å²) in [6, 6.07) is 7.32. The molecule has 3 aromatic rings. The number of carbonyl (C=O) groups is 1. The van der Waals surface area contributed by atoms with E-state index in [-0.39, 0.29) is 12.2 Å². The summed E-state index contributed by atoms with van der Waals surface area (Å²) in [4.78, 5) is 24.8. The second kappa shape index (κ2) is 4.76. The van der Waals surface area contributed by atoms with Gasteiger partial charge in [0.2, 0.25) is 0 Å². The highest BCUT2D eigenvalue weighted by atomic mass is 32.1. The molecule has 102 valence electrons. The zero-order valence-electron chi connectivity index (χ0n) is 11.1. The van der Waals surface area contributed by atoms with Crippen LogP contribution in [0.15, 0.2) is 33.5 Å². The molecule has 0 aliphatic carbocycles. The van der Waals surface area contributed by atoms with Gasteiger partial charge in [0.15, 0.2) is 0 Å². The number of ether oxygens (including phenoxy) is 1. The van der Waals surface area contributed by atoms with Crippen molar-refractivity contribution < 1.29 is 13.9 Å². The Bertz CT molecular complexity index is 873. The lowest BCUT2D eigenvalue weighted by atomic mass is 10.1. The minimum atomic E-state index is -0.660. The van der Waals surface area contributed by atoms with E-state index in [0.717, 1.165) is 20.3 Å². The smallest absolute Gasteiger partial charge is 0.351 e. The van der Waals surface area contributed by atoms with E-state index in [4.69, 9.17) is 9.15 Å². The Hall–Kier alpha value is -2.14. The van der Waals surface area contributed by atoms with Crippen molar-refractivity contribution in [3.8, 4) is 0 Å². The van der Waals surface area contributed by atoms with Crippen molar-refractivity contribution in [1.29, 1.82) is 0 Å². The monoisotopic (exact) mass is 288 g/mol. The predicted molar refractivity (Wildman–Crippen MR) is 78.6 cm³/mol. The highest BCUT2D eigenvalue weighted by molar-refractivity contribution is 7.19. The zero-order chi connectivity index (χ0) is 14.3. The van der Waals surface area contributed by atoms with E-state index in [1.54, 1.807) is 18.3 Å². The van der Waals surface area contributed by atoms with Gasteiger partial charge in [-0.3, -0.25) is 0 Å². The lowest BCUT2D eigenvalue weighted by Crippen LogP contribution is -2.16. The zero-order valence-corrected chi connectivity index (χ0v) is 11.9. The van der Waals surface area contributed by atoms with E-state index in [9.17, 15) is 9.59 Å². The highest BCUT2D eigenvalue weighted by Gasteiger charge is 2.16. The van der Waals surface area contributed by atoms with Crippen LogP contribution in [0.4, 0.5) is 0 Å². The molecule has 0 fully saturated rings. The Labute approximate surface area is 118 Å². The third-order valence-electron chi connectivity index (χ3n) is 3.01. The molecule has 0 amide bonds. The molecule has 0 saturated carbocycles. The van der Waals surface area contributed by atoms with E-state index < -0.39 is 11.6 Å². The molecular weight excluding hydrogens is 276 g/mol. The van der Waals surface area contributed by atoms with Gasteiger partial charge in [0.1, 0.15) is 11.1 Å². The van der Waals surface area contributed by atoms with Crippen LogP contribution in [-0.2, 0) is 4.74 Å². The highest BCUT2D eigenvalue weighted by Crippen LogP contribution is 2.31. The van der Waals surface area contributed by atoms with E-state index in [1.807, 2.05) is 25.1 Å². The van der Waals surface area contributed by atoms with Gasteiger partial charge >= 0.3 is 11.6 Å². The summed E-state index contributed by atoms with van der Waals surface area (Å²) >= 11 is 1.64. The SMILES string of the molecule is CCOC(=O)c1cc2ccc3sc(C)cc3c2oc1=O. The number of esters is 1. The predicted octanol–water partition coefficient (Wildman–Crippen LogP) is 3.49. The van der Waals surface area contributed by atoms with Crippen LogP contribution in [0.5, 0.6) is 0 Å². The molecule has 2 aromatic heterocycles. The molecule has 20 heavy (non-hydrogen) atoms. The van der Waals surface area contributed by atoms with Crippen LogP contribution in [-0.4, -0.2) is 12.6 Å². The number of benzene rings is 1. The molecule has 0 aliphatic rings. The molecule has 0 saturated heterocycles. The molecule has 4 nitrogen and oxygen atoms in total. The summed E-state index contributed by atoms with van der Waals surface area (Å²) in [5.74, 6) is -0.648. The van der Waals surface area contributed by atoms with Gasteiger partial charge in [0.25, 0.3) is 0 Å². The van der Waals surface area contributed by atoms with Crippen molar-refractivity contribution in [1.82, 2.24) is 0 Å². The van der Waals surface area contributed by atoms with Gasteiger partial charge in [0.05, 0.1) is 6.61 Å². The molecule has 0 atom stereocenters. The Kier molecular flexibility index (Phi) is 3.06. The van der Waals surface area contributed by atoms with E-state index in [0.29, 0.717) is 5.58 Å². The average molecular weight is 288 g/mol. The van der Waals surface area contributed by atoms with E-state index in [2.05, 4.69) is 0 Å². The number of thiophene rings is 1. The molecule has 0 aliphatic heterocycles. The van der Waals surface area contributed by atoms with Gasteiger partial charge in [-0.05, 0) is 38.1 Å². The van der Waals surface area contributed by atoms with E-state index >= 15 is 0 Å². The summed E-state index contributed by atoms with van der Waals surface area (Å²) in [5, 5.41) is 1.62. The van der Waals surface area contributed by atoms with Crippen molar-refractivity contribution in [3.63, 3.8) is 0 Å². The maximum atomic E-state index is 11.9. The molecule has 0 bridgehead atoms. The molecule has 1 aromatic carbocycles. The Morgan fingerprint density at radius 1 is 1.35 bits per heavy atom. The molecule has 3 rings (SSSR count). The number of aryl methyl sites for hydroxylation is 1. The molecular formula is C15H12O4S. The van der Waals surface area contributed by atoms with Crippen LogP contribution >= 0.6 is 11.3 Å². The number of rotatable bonds is 2. The van der Waals surface area contributed by atoms with Crippen LogP contribution in [0.3, 0.4) is 0 Å². The topological polar surface area (TPSA) is 56.5 Å². The normalized spacial score (nSPS) is 11.1. The molecule has 5 heteroatoms. The summed E-state index contributed by atoms with van der Waals surface area (Å²) in [6.07, 6.45) is 0. The third-order valence-corrected chi connectivity index (χ3v) is 4.03. The van der Waals surface area contributed by atoms with Crippen molar-refractivity contribution in [3.05, 3.63) is 45.1 Å². The summed E-state index contributed by atoms with van der Waals surface area (Å²) in [5.41, 5.74) is -0.206. The standard InChI is InChI=1S/C15H12O4S/c1-3-18-14(16)11-7-9-4-5-12-10(6-8(2)20-12)13(9)19-15(11)17/h4-7H,3H2,1-2H3. The molecule has 0 spiro atoms. The summed E-state index contributed by atoms with van der Waals surface area (Å²) in [6.45, 7) is 3.92. The quantitative estimate of drug-likeness (QED) is 0.535. The lowest BCUT2D eigenvalue weighted by Gasteiger charge is -2.03. The second-order valence-electron chi connectivity index (χ2n) is 4.42.